The Morgan fingerprint density at radius 1 is 1.23 bits per heavy atom. The lowest BCUT2D eigenvalue weighted by Crippen LogP contribution is -2.44. The molecule has 0 saturated carbocycles. The molecular weight excluding hydrogens is 516 g/mol. The summed E-state index contributed by atoms with van der Waals surface area (Å²) in [7, 11) is 5.91. The number of hydrogen-bond acceptors (Lipinski definition) is 8. The summed E-state index contributed by atoms with van der Waals surface area (Å²) in [6, 6.07) is 11.4. The molecule has 3 aromatic heterocycles. The third kappa shape index (κ3) is 4.02. The zero-order valence-electron chi connectivity index (χ0n) is 22.2. The first-order valence-corrected chi connectivity index (χ1v) is 13.2. The molecule has 0 fully saturated rings. The van der Waals surface area contributed by atoms with E-state index in [0.29, 0.717) is 47.1 Å². The molecule has 6 rings (SSSR count). The number of thiol groups is 1. The summed E-state index contributed by atoms with van der Waals surface area (Å²) in [5, 5.41) is 12.8. The van der Waals surface area contributed by atoms with Gasteiger partial charge in [0.2, 0.25) is 5.03 Å². The third-order valence-corrected chi connectivity index (χ3v) is 8.00. The van der Waals surface area contributed by atoms with E-state index in [1.54, 1.807) is 17.6 Å². The number of cyclic esters (lactones) is 1. The number of aliphatic hydroxyl groups is 1. The highest BCUT2D eigenvalue weighted by molar-refractivity contribution is 7.80. The van der Waals surface area contributed by atoms with Gasteiger partial charge >= 0.3 is 5.97 Å². The lowest BCUT2D eigenvalue weighted by molar-refractivity contribution is -0.708. The minimum absolute atomic E-state index is 0.102. The first-order chi connectivity index (χ1) is 18.6. The molecule has 0 bridgehead atoms. The molecule has 0 amide bonds. The summed E-state index contributed by atoms with van der Waals surface area (Å²) >= 11 is 4.50. The van der Waals surface area contributed by atoms with Crippen molar-refractivity contribution in [2.24, 2.45) is 7.05 Å². The van der Waals surface area contributed by atoms with E-state index in [1.165, 1.54) is 0 Å². The summed E-state index contributed by atoms with van der Waals surface area (Å²) in [5.74, 6) is 0.659. The Kier molecular flexibility index (Phi) is 6.01. The molecule has 1 atom stereocenters. The van der Waals surface area contributed by atoms with Gasteiger partial charge in [0.05, 0.1) is 35.1 Å². The molecule has 2 aliphatic rings. The lowest BCUT2D eigenvalue weighted by atomic mass is 9.86. The molecule has 1 N–H and O–H groups in total. The molecule has 39 heavy (non-hydrogen) atoms. The quantitative estimate of drug-likeness (QED) is 0.199. The second-order valence-corrected chi connectivity index (χ2v) is 10.8. The summed E-state index contributed by atoms with van der Waals surface area (Å²) in [4.78, 5) is 33.0. The molecule has 5 heterocycles. The number of esters is 1. The van der Waals surface area contributed by atoms with Crippen LogP contribution in [0.3, 0.4) is 0 Å². The van der Waals surface area contributed by atoms with Crippen LogP contribution in [0, 0.1) is 0 Å². The average Bonchev–Trinajstić information content (AvgIpc) is 3.26. The maximum absolute atomic E-state index is 13.5. The highest BCUT2D eigenvalue weighted by Gasteiger charge is 2.45. The molecule has 1 aromatic carbocycles. The van der Waals surface area contributed by atoms with Gasteiger partial charge in [0.25, 0.3) is 5.56 Å². The molecule has 0 unspecified atom stereocenters. The number of aromatic nitrogens is 3. The second kappa shape index (κ2) is 9.18. The van der Waals surface area contributed by atoms with Gasteiger partial charge in [0.1, 0.15) is 25.2 Å². The molecule has 200 valence electrons. The summed E-state index contributed by atoms with van der Waals surface area (Å²) < 4.78 is 15.0. The van der Waals surface area contributed by atoms with Crippen molar-refractivity contribution in [3.8, 4) is 22.9 Å². The van der Waals surface area contributed by atoms with Crippen molar-refractivity contribution in [1.29, 1.82) is 0 Å². The fourth-order valence-corrected chi connectivity index (χ4v) is 5.59. The Labute approximate surface area is 230 Å². The van der Waals surface area contributed by atoms with Crippen LogP contribution in [-0.2, 0) is 41.9 Å². The van der Waals surface area contributed by atoms with Crippen LogP contribution in [-0.4, -0.2) is 39.6 Å². The first kappa shape index (κ1) is 25.5. The van der Waals surface area contributed by atoms with Crippen molar-refractivity contribution in [3.05, 3.63) is 75.2 Å². The number of rotatable bonds is 5. The maximum Gasteiger partial charge on any atom is 0.343 e. The van der Waals surface area contributed by atoms with E-state index in [4.69, 9.17) is 14.5 Å². The molecule has 0 spiro atoms. The monoisotopic (exact) mass is 545 g/mol. The smallest absolute Gasteiger partial charge is 0.343 e. The lowest BCUT2D eigenvalue weighted by Gasteiger charge is -2.31. The largest absolute Gasteiger partial charge is 0.458 e. The van der Waals surface area contributed by atoms with E-state index < -0.39 is 11.6 Å². The van der Waals surface area contributed by atoms with Gasteiger partial charge in [-0.15, -0.1) is 0 Å². The van der Waals surface area contributed by atoms with Gasteiger partial charge in [-0.1, -0.05) is 19.6 Å². The molecule has 0 radical (unpaired) electrons. The number of benzene rings is 1. The number of hydrogen-bond donors (Lipinski definition) is 2. The van der Waals surface area contributed by atoms with Crippen LogP contribution >= 0.6 is 12.6 Å². The Morgan fingerprint density at radius 2 is 2.03 bits per heavy atom. The molecule has 9 nitrogen and oxygen atoms in total. The van der Waals surface area contributed by atoms with E-state index in [-0.39, 0.29) is 18.6 Å². The topological polar surface area (TPSA) is 97.8 Å². The Bertz CT molecular complexity index is 1750. The average molecular weight is 546 g/mol. The fraction of sp³-hybridized carbons (Fsp3) is 0.310. The van der Waals surface area contributed by atoms with Gasteiger partial charge in [-0.25, -0.2) is 9.78 Å². The van der Waals surface area contributed by atoms with Crippen molar-refractivity contribution in [1.82, 2.24) is 14.5 Å². The van der Waals surface area contributed by atoms with Crippen molar-refractivity contribution < 1.29 is 23.9 Å². The number of ether oxygens (including phenoxy) is 2. The summed E-state index contributed by atoms with van der Waals surface area (Å²) in [5.41, 5.74) is 2.36. The van der Waals surface area contributed by atoms with Crippen LogP contribution in [0.25, 0.3) is 22.3 Å². The van der Waals surface area contributed by atoms with E-state index in [1.807, 2.05) is 56.2 Å². The Balaban J connectivity index is 1.50. The van der Waals surface area contributed by atoms with E-state index in [9.17, 15) is 14.7 Å². The Hall–Kier alpha value is -3.73. The van der Waals surface area contributed by atoms with Crippen molar-refractivity contribution in [2.75, 3.05) is 14.1 Å². The minimum Gasteiger partial charge on any atom is -0.458 e. The van der Waals surface area contributed by atoms with Crippen molar-refractivity contribution >= 4 is 29.5 Å². The highest BCUT2D eigenvalue weighted by Crippen LogP contribution is 2.40. The number of carbonyl (C=O) groups is 1. The van der Waals surface area contributed by atoms with Crippen LogP contribution in [0.2, 0.25) is 0 Å². The van der Waals surface area contributed by atoms with Gasteiger partial charge in [-0.3, -0.25) is 4.79 Å². The highest BCUT2D eigenvalue weighted by atomic mass is 32.1. The fourth-order valence-electron chi connectivity index (χ4n) is 5.40. The first-order valence-electron chi connectivity index (χ1n) is 12.7. The van der Waals surface area contributed by atoms with E-state index in [0.717, 1.165) is 27.1 Å². The zero-order valence-corrected chi connectivity index (χ0v) is 23.1. The van der Waals surface area contributed by atoms with Crippen LogP contribution in [0.4, 0.5) is 0 Å². The summed E-state index contributed by atoms with van der Waals surface area (Å²) in [6.07, 6.45) is 2.00. The van der Waals surface area contributed by atoms with Gasteiger partial charge in [-0.2, -0.15) is 4.57 Å². The molecule has 2 aliphatic heterocycles. The number of carbonyl (C=O) groups excluding carboxylic acids is 1. The minimum atomic E-state index is -1.85. The number of pyridine rings is 3. The van der Waals surface area contributed by atoms with E-state index in [2.05, 4.69) is 23.6 Å². The standard InChI is InChI=1S/C29H28N4O5S/c1-5-29(36)21-12-23-26-16(13-33(23)27(34)20(21)15-37-28(29)35)10-18-19(14-31(2)3)24(7-6-22(18)30-26)38-17-8-9-32(4)25(39)11-17/h6-12,36H,5,13-15H2,1-4H3/p+1/t29-/m0/s1. The predicted octanol–water partition coefficient (Wildman–Crippen LogP) is 3.05. The number of fused-ring (bicyclic) bond motifs is 5. The predicted molar refractivity (Wildman–Crippen MR) is 147 cm³/mol. The van der Waals surface area contributed by atoms with Gasteiger partial charge in [-0.05, 0) is 44.8 Å². The van der Waals surface area contributed by atoms with Crippen molar-refractivity contribution in [3.63, 3.8) is 0 Å². The van der Waals surface area contributed by atoms with Crippen LogP contribution in [0.1, 0.15) is 35.6 Å². The molecule has 0 aliphatic carbocycles. The Morgan fingerprint density at radius 3 is 2.74 bits per heavy atom. The van der Waals surface area contributed by atoms with Gasteiger partial charge < -0.3 is 24.0 Å². The van der Waals surface area contributed by atoms with Crippen LogP contribution in [0.5, 0.6) is 11.5 Å². The number of aryl methyl sites for hydroxylation is 1. The van der Waals surface area contributed by atoms with E-state index >= 15 is 0 Å². The van der Waals surface area contributed by atoms with Gasteiger partial charge in [0, 0.05) is 34.7 Å². The SMILES string of the molecule is CC[C@@]1(O)C(=O)OCc2c1cc1n(c2=O)Cc2cc3c(CN(C)C)c(Oc4cc[n+](C)c(S)c4)ccc3nc2-1. The third-order valence-electron chi connectivity index (χ3n) is 7.56. The molecule has 0 saturated heterocycles. The maximum atomic E-state index is 13.5. The molecule has 10 heteroatoms. The molecular formula is C29H29N4O5S+. The number of nitrogens with zero attached hydrogens (tertiary/aromatic N) is 4. The van der Waals surface area contributed by atoms with Crippen LogP contribution in [0.15, 0.2) is 52.4 Å². The van der Waals surface area contributed by atoms with Crippen molar-refractivity contribution in [2.45, 2.75) is 43.7 Å². The zero-order chi connectivity index (χ0) is 27.6. The normalized spacial score (nSPS) is 17.7. The summed E-state index contributed by atoms with van der Waals surface area (Å²) in [6.45, 7) is 2.49. The van der Waals surface area contributed by atoms with Crippen LogP contribution < -0.4 is 14.9 Å². The molecule has 4 aromatic rings. The van der Waals surface area contributed by atoms with Gasteiger partial charge in [0.15, 0.2) is 11.8 Å². The second-order valence-electron chi connectivity index (χ2n) is 10.4.